The molecule has 21 heavy (non-hydrogen) atoms. The highest BCUT2D eigenvalue weighted by atomic mass is 16.5. The van der Waals surface area contributed by atoms with Crippen molar-refractivity contribution >= 4 is 17.6 Å². The molecule has 1 unspecified atom stereocenters. The van der Waals surface area contributed by atoms with Gasteiger partial charge in [-0.25, -0.2) is 4.79 Å². The van der Waals surface area contributed by atoms with Gasteiger partial charge >= 0.3 is 5.97 Å². The molecule has 0 saturated heterocycles. The minimum absolute atomic E-state index is 0.106. The van der Waals surface area contributed by atoms with Crippen LogP contribution in [0.4, 0.5) is 5.69 Å². The summed E-state index contributed by atoms with van der Waals surface area (Å²) >= 11 is 0. The molecule has 0 aliphatic rings. The number of carboxylic acid groups (broad SMARTS) is 1. The summed E-state index contributed by atoms with van der Waals surface area (Å²) in [6.07, 6.45) is 0.738. The topological polar surface area (TPSA) is 102 Å². The molecule has 0 fully saturated rings. The van der Waals surface area contributed by atoms with Gasteiger partial charge in [0.1, 0.15) is 5.75 Å². The van der Waals surface area contributed by atoms with Gasteiger partial charge in [0, 0.05) is 12.2 Å². The summed E-state index contributed by atoms with van der Waals surface area (Å²) in [7, 11) is 0. The first kappa shape index (κ1) is 17.0. The zero-order chi connectivity index (χ0) is 15.8. The fourth-order valence-electron chi connectivity index (χ4n) is 1.90. The van der Waals surface area contributed by atoms with E-state index in [9.17, 15) is 9.59 Å². The summed E-state index contributed by atoms with van der Waals surface area (Å²) in [4.78, 5) is 22.5. The second-order valence-corrected chi connectivity index (χ2v) is 5.26. The van der Waals surface area contributed by atoms with Crippen molar-refractivity contribution in [2.45, 2.75) is 20.3 Å². The van der Waals surface area contributed by atoms with Crippen molar-refractivity contribution in [1.29, 1.82) is 0 Å². The molecule has 0 aliphatic heterocycles. The average molecular weight is 294 g/mol. The quantitative estimate of drug-likeness (QED) is 0.677. The Kier molecular flexibility index (Phi) is 6.68. The lowest BCUT2D eigenvalue weighted by Gasteiger charge is -2.17. The lowest BCUT2D eigenvalue weighted by molar-refractivity contribution is -0.139. The molecule has 0 aliphatic carbocycles. The van der Waals surface area contributed by atoms with E-state index in [1.165, 1.54) is 0 Å². The molecular formula is C15H22N2O4. The summed E-state index contributed by atoms with van der Waals surface area (Å²) in [5.41, 5.74) is 6.26. The van der Waals surface area contributed by atoms with Crippen LogP contribution in [-0.2, 0) is 9.59 Å². The number of anilines is 1. The lowest BCUT2D eigenvalue weighted by Crippen LogP contribution is -2.30. The first-order chi connectivity index (χ1) is 9.92. The minimum atomic E-state index is -1.04. The Hall–Kier alpha value is -2.08. The van der Waals surface area contributed by atoms with Gasteiger partial charge in [0.05, 0.1) is 5.92 Å². The van der Waals surface area contributed by atoms with E-state index in [1.54, 1.807) is 24.3 Å². The monoisotopic (exact) mass is 294 g/mol. The number of nitrogens with one attached hydrogen (secondary N) is 1. The molecule has 6 nitrogen and oxygen atoms in total. The molecule has 6 heteroatoms. The Bertz CT molecular complexity index is 471. The number of carbonyl (C=O) groups is 2. The van der Waals surface area contributed by atoms with Gasteiger partial charge in [-0.1, -0.05) is 13.8 Å². The van der Waals surface area contributed by atoms with Gasteiger partial charge < -0.3 is 20.9 Å². The van der Waals surface area contributed by atoms with Gasteiger partial charge in [-0.05, 0) is 36.6 Å². The number of benzene rings is 1. The van der Waals surface area contributed by atoms with Crippen LogP contribution in [0.3, 0.4) is 0 Å². The maximum absolute atomic E-state index is 12.1. The van der Waals surface area contributed by atoms with Crippen LogP contribution >= 0.6 is 0 Å². The van der Waals surface area contributed by atoms with Crippen LogP contribution in [0.5, 0.6) is 5.75 Å². The Morgan fingerprint density at radius 3 is 2.38 bits per heavy atom. The number of hydrogen-bond donors (Lipinski definition) is 3. The van der Waals surface area contributed by atoms with Crippen molar-refractivity contribution in [2.75, 3.05) is 18.5 Å². The van der Waals surface area contributed by atoms with E-state index in [-0.39, 0.29) is 11.8 Å². The smallest absolute Gasteiger partial charge is 0.341 e. The first-order valence-electron chi connectivity index (χ1n) is 6.88. The molecule has 0 spiro atoms. The number of carboxylic acids is 1. The van der Waals surface area contributed by atoms with Crippen LogP contribution < -0.4 is 15.8 Å². The number of hydrogen-bond acceptors (Lipinski definition) is 4. The molecule has 0 radical (unpaired) electrons. The van der Waals surface area contributed by atoms with Gasteiger partial charge in [0.2, 0.25) is 5.91 Å². The average Bonchev–Trinajstić information content (AvgIpc) is 2.43. The number of nitrogens with two attached hydrogens (primary N) is 1. The molecule has 1 rings (SSSR count). The van der Waals surface area contributed by atoms with Crippen LogP contribution in [-0.4, -0.2) is 30.1 Å². The number of ether oxygens (including phenoxy) is 1. The van der Waals surface area contributed by atoms with Gasteiger partial charge in [0.25, 0.3) is 0 Å². The van der Waals surface area contributed by atoms with Crippen LogP contribution in [0.2, 0.25) is 0 Å². The highest BCUT2D eigenvalue weighted by molar-refractivity contribution is 5.92. The van der Waals surface area contributed by atoms with Crippen LogP contribution in [0.15, 0.2) is 24.3 Å². The maximum Gasteiger partial charge on any atom is 0.341 e. The van der Waals surface area contributed by atoms with Crippen LogP contribution in [0.1, 0.15) is 20.3 Å². The third-order valence-corrected chi connectivity index (χ3v) is 2.90. The van der Waals surface area contributed by atoms with Crippen molar-refractivity contribution < 1.29 is 19.4 Å². The van der Waals surface area contributed by atoms with Gasteiger partial charge in [-0.3, -0.25) is 4.79 Å². The number of amides is 1. The highest BCUT2D eigenvalue weighted by Gasteiger charge is 2.18. The Labute approximate surface area is 124 Å². The number of rotatable bonds is 8. The fourth-order valence-corrected chi connectivity index (χ4v) is 1.90. The first-order valence-corrected chi connectivity index (χ1v) is 6.88. The molecule has 0 saturated carbocycles. The summed E-state index contributed by atoms with van der Waals surface area (Å²) < 4.78 is 5.02. The van der Waals surface area contributed by atoms with Crippen molar-refractivity contribution in [3.05, 3.63) is 24.3 Å². The van der Waals surface area contributed by atoms with Gasteiger partial charge in [-0.2, -0.15) is 0 Å². The van der Waals surface area contributed by atoms with E-state index in [0.29, 0.717) is 23.9 Å². The number of carbonyl (C=O) groups excluding carboxylic acids is 1. The molecule has 1 aromatic rings. The van der Waals surface area contributed by atoms with E-state index >= 15 is 0 Å². The molecule has 4 N–H and O–H groups in total. The van der Waals surface area contributed by atoms with Crippen molar-refractivity contribution in [3.8, 4) is 5.75 Å². The predicted octanol–water partition coefficient (Wildman–Crippen LogP) is 1.71. The third-order valence-electron chi connectivity index (χ3n) is 2.90. The summed E-state index contributed by atoms with van der Waals surface area (Å²) in [5, 5.41) is 11.3. The molecule has 1 atom stereocenters. The van der Waals surface area contributed by atoms with Crippen molar-refractivity contribution in [1.82, 2.24) is 0 Å². The van der Waals surface area contributed by atoms with E-state index in [0.717, 1.165) is 6.42 Å². The molecule has 1 aromatic carbocycles. The zero-order valence-electron chi connectivity index (χ0n) is 12.3. The van der Waals surface area contributed by atoms with E-state index in [1.807, 2.05) is 13.8 Å². The lowest BCUT2D eigenvalue weighted by atomic mass is 9.96. The summed E-state index contributed by atoms with van der Waals surface area (Å²) in [6, 6.07) is 6.55. The molecule has 0 aromatic heterocycles. The third kappa shape index (κ3) is 6.27. The largest absolute Gasteiger partial charge is 0.482 e. The second kappa shape index (κ2) is 8.26. The SMILES string of the molecule is CC(C)CC(CN)C(=O)Nc1ccc(OCC(=O)O)cc1. The van der Waals surface area contributed by atoms with Gasteiger partial charge in [0.15, 0.2) is 6.61 Å². The normalized spacial score (nSPS) is 12.0. The highest BCUT2D eigenvalue weighted by Crippen LogP contribution is 2.18. The molecule has 0 bridgehead atoms. The Morgan fingerprint density at radius 1 is 1.29 bits per heavy atom. The number of aliphatic carboxylic acids is 1. The van der Waals surface area contributed by atoms with Crippen LogP contribution in [0.25, 0.3) is 0 Å². The van der Waals surface area contributed by atoms with Gasteiger partial charge in [-0.15, -0.1) is 0 Å². The second-order valence-electron chi connectivity index (χ2n) is 5.26. The van der Waals surface area contributed by atoms with E-state index in [2.05, 4.69) is 5.32 Å². The molecule has 1 amide bonds. The fraction of sp³-hybridized carbons (Fsp3) is 0.467. The molecular weight excluding hydrogens is 272 g/mol. The van der Waals surface area contributed by atoms with E-state index in [4.69, 9.17) is 15.6 Å². The maximum atomic E-state index is 12.1. The molecule has 116 valence electrons. The van der Waals surface area contributed by atoms with Crippen molar-refractivity contribution in [2.24, 2.45) is 17.6 Å². The molecule has 0 heterocycles. The van der Waals surface area contributed by atoms with Crippen LogP contribution in [0, 0.1) is 11.8 Å². The Morgan fingerprint density at radius 2 is 1.90 bits per heavy atom. The predicted molar refractivity (Wildman–Crippen MR) is 80.2 cm³/mol. The Balaban J connectivity index is 2.58. The summed E-state index contributed by atoms with van der Waals surface area (Å²) in [5.74, 6) is -0.519. The standard InChI is InChI=1S/C15H22N2O4/c1-10(2)7-11(8-16)15(20)17-12-3-5-13(6-4-12)21-9-14(18)19/h3-6,10-11H,7-9,16H2,1-2H3,(H,17,20)(H,18,19). The summed E-state index contributed by atoms with van der Waals surface area (Å²) in [6.45, 7) is 4.01. The minimum Gasteiger partial charge on any atom is -0.482 e. The van der Waals surface area contributed by atoms with Crippen molar-refractivity contribution in [3.63, 3.8) is 0 Å². The zero-order valence-corrected chi connectivity index (χ0v) is 12.3. The van der Waals surface area contributed by atoms with E-state index < -0.39 is 12.6 Å².